The summed E-state index contributed by atoms with van der Waals surface area (Å²) in [6, 6.07) is 11.7. The van der Waals surface area contributed by atoms with Gasteiger partial charge in [-0.1, -0.05) is 37.3 Å². The van der Waals surface area contributed by atoms with Crippen molar-refractivity contribution in [2.24, 2.45) is 7.05 Å². The minimum absolute atomic E-state index is 0.0288. The van der Waals surface area contributed by atoms with Crippen molar-refractivity contribution in [2.45, 2.75) is 39.0 Å². The number of carbonyl (C=O) groups excluding carboxylic acids is 1. The van der Waals surface area contributed by atoms with Crippen LogP contribution in [0.15, 0.2) is 42.5 Å². The van der Waals surface area contributed by atoms with E-state index in [9.17, 15) is 13.6 Å². The Kier molecular flexibility index (Phi) is 5.63. The van der Waals surface area contributed by atoms with Gasteiger partial charge in [0.2, 0.25) is 5.82 Å². The minimum Gasteiger partial charge on any atom is -0.294 e. The standard InChI is InChI=1S/C21H22F2N4O/c1-4-6-19(28)16-10-9-15(18(13-16)20-24-26-27(3)25-20)11-14-7-5-8-17(12-14)21(2,22)23/h5,7-10,12-13H,4,6,11H2,1-3H3. The lowest BCUT2D eigenvalue weighted by atomic mass is 9.94. The highest BCUT2D eigenvalue weighted by molar-refractivity contribution is 5.97. The molecule has 1 aromatic heterocycles. The molecule has 0 aliphatic heterocycles. The molecular weight excluding hydrogens is 362 g/mol. The van der Waals surface area contributed by atoms with Crippen LogP contribution in [0.4, 0.5) is 8.78 Å². The van der Waals surface area contributed by atoms with Gasteiger partial charge in [0.25, 0.3) is 5.92 Å². The fourth-order valence-electron chi connectivity index (χ4n) is 3.05. The summed E-state index contributed by atoms with van der Waals surface area (Å²) < 4.78 is 27.3. The molecule has 0 N–H and O–H groups in total. The highest BCUT2D eigenvalue weighted by Gasteiger charge is 2.24. The van der Waals surface area contributed by atoms with Crippen molar-refractivity contribution in [1.29, 1.82) is 0 Å². The number of alkyl halides is 2. The van der Waals surface area contributed by atoms with Gasteiger partial charge in [-0.2, -0.15) is 4.80 Å². The third-order valence-corrected chi connectivity index (χ3v) is 4.49. The van der Waals surface area contributed by atoms with Crippen LogP contribution < -0.4 is 0 Å². The van der Waals surface area contributed by atoms with E-state index in [-0.39, 0.29) is 11.3 Å². The van der Waals surface area contributed by atoms with Gasteiger partial charge in [0.1, 0.15) is 0 Å². The first-order valence-corrected chi connectivity index (χ1v) is 9.15. The summed E-state index contributed by atoms with van der Waals surface area (Å²) in [6.45, 7) is 2.84. The molecule has 2 aromatic carbocycles. The molecule has 0 fully saturated rings. The van der Waals surface area contributed by atoms with Crippen molar-refractivity contribution in [3.63, 3.8) is 0 Å². The van der Waals surface area contributed by atoms with Crippen LogP contribution in [0, 0.1) is 0 Å². The molecule has 0 amide bonds. The summed E-state index contributed by atoms with van der Waals surface area (Å²) in [4.78, 5) is 13.7. The van der Waals surface area contributed by atoms with E-state index >= 15 is 0 Å². The van der Waals surface area contributed by atoms with Gasteiger partial charge in [-0.3, -0.25) is 4.79 Å². The molecule has 0 atom stereocenters. The molecule has 0 aliphatic carbocycles. The fraction of sp³-hybridized carbons (Fsp3) is 0.333. The minimum atomic E-state index is -2.90. The molecule has 0 aliphatic rings. The van der Waals surface area contributed by atoms with Crippen LogP contribution >= 0.6 is 0 Å². The van der Waals surface area contributed by atoms with E-state index in [1.54, 1.807) is 31.3 Å². The molecule has 1 heterocycles. The van der Waals surface area contributed by atoms with E-state index in [0.717, 1.165) is 24.5 Å². The Morgan fingerprint density at radius 3 is 2.61 bits per heavy atom. The number of hydrogen-bond acceptors (Lipinski definition) is 4. The summed E-state index contributed by atoms with van der Waals surface area (Å²) in [5.41, 5.74) is 2.83. The van der Waals surface area contributed by atoms with Gasteiger partial charge in [0, 0.05) is 30.0 Å². The van der Waals surface area contributed by atoms with Crippen LogP contribution in [-0.2, 0) is 19.4 Å². The Bertz CT molecular complexity index is 992. The summed E-state index contributed by atoms with van der Waals surface area (Å²) in [5.74, 6) is -2.45. The first kappa shape index (κ1) is 19.8. The summed E-state index contributed by atoms with van der Waals surface area (Å²) in [7, 11) is 1.66. The zero-order valence-corrected chi connectivity index (χ0v) is 16.1. The number of ketones is 1. The first-order valence-electron chi connectivity index (χ1n) is 9.15. The lowest BCUT2D eigenvalue weighted by Crippen LogP contribution is -2.07. The van der Waals surface area contributed by atoms with Gasteiger partial charge in [0.15, 0.2) is 5.78 Å². The Morgan fingerprint density at radius 2 is 1.96 bits per heavy atom. The van der Waals surface area contributed by atoms with Crippen molar-refractivity contribution >= 4 is 5.78 Å². The number of aromatic nitrogens is 4. The lowest BCUT2D eigenvalue weighted by Gasteiger charge is -2.13. The second-order valence-electron chi connectivity index (χ2n) is 6.91. The molecule has 0 saturated heterocycles. The maximum absolute atomic E-state index is 13.7. The quantitative estimate of drug-likeness (QED) is 0.560. The topological polar surface area (TPSA) is 60.7 Å². The summed E-state index contributed by atoms with van der Waals surface area (Å²) in [5, 5.41) is 12.2. The van der Waals surface area contributed by atoms with Gasteiger partial charge >= 0.3 is 0 Å². The van der Waals surface area contributed by atoms with Gasteiger partial charge in [0.05, 0.1) is 7.05 Å². The molecule has 3 aromatic rings. The van der Waals surface area contributed by atoms with E-state index in [2.05, 4.69) is 15.4 Å². The zero-order chi connectivity index (χ0) is 20.3. The van der Waals surface area contributed by atoms with Crippen LogP contribution in [0.1, 0.15) is 53.7 Å². The van der Waals surface area contributed by atoms with Crippen LogP contribution in [0.5, 0.6) is 0 Å². The second-order valence-corrected chi connectivity index (χ2v) is 6.91. The largest absolute Gasteiger partial charge is 0.294 e. The fourth-order valence-corrected chi connectivity index (χ4v) is 3.05. The zero-order valence-electron chi connectivity index (χ0n) is 16.1. The normalized spacial score (nSPS) is 11.6. The number of benzene rings is 2. The van der Waals surface area contributed by atoms with E-state index in [4.69, 9.17) is 0 Å². The number of Topliss-reactive ketones (excluding diaryl/α,β-unsaturated/α-hetero) is 1. The monoisotopic (exact) mass is 384 g/mol. The van der Waals surface area contributed by atoms with Crippen LogP contribution in [0.3, 0.4) is 0 Å². The molecule has 0 spiro atoms. The van der Waals surface area contributed by atoms with Crippen molar-refractivity contribution < 1.29 is 13.6 Å². The van der Waals surface area contributed by atoms with E-state index in [1.165, 1.54) is 16.9 Å². The number of nitrogens with zero attached hydrogens (tertiary/aromatic N) is 4. The maximum atomic E-state index is 13.7. The summed E-state index contributed by atoms with van der Waals surface area (Å²) >= 11 is 0. The van der Waals surface area contributed by atoms with Crippen LogP contribution in [0.25, 0.3) is 11.4 Å². The SMILES string of the molecule is CCCC(=O)c1ccc(Cc2cccc(C(C)(F)F)c2)c(-c2nnn(C)n2)c1. The molecule has 0 saturated carbocycles. The Labute approximate surface area is 162 Å². The van der Waals surface area contributed by atoms with E-state index < -0.39 is 5.92 Å². The van der Waals surface area contributed by atoms with Crippen molar-refractivity contribution in [2.75, 3.05) is 0 Å². The number of tetrazole rings is 1. The molecule has 0 bridgehead atoms. The van der Waals surface area contributed by atoms with Gasteiger partial charge < -0.3 is 0 Å². The highest BCUT2D eigenvalue weighted by atomic mass is 19.3. The molecular formula is C21H22F2N4O. The Morgan fingerprint density at radius 1 is 1.18 bits per heavy atom. The molecule has 3 rings (SSSR count). The highest BCUT2D eigenvalue weighted by Crippen LogP contribution is 2.29. The predicted molar refractivity (Wildman–Crippen MR) is 102 cm³/mol. The molecule has 0 unspecified atom stereocenters. The summed E-state index contributed by atoms with van der Waals surface area (Å²) in [6.07, 6.45) is 1.64. The van der Waals surface area contributed by atoms with Gasteiger partial charge in [-0.25, -0.2) is 8.78 Å². The third-order valence-electron chi connectivity index (χ3n) is 4.49. The van der Waals surface area contributed by atoms with E-state index in [1.807, 2.05) is 13.0 Å². The van der Waals surface area contributed by atoms with Crippen LogP contribution in [-0.4, -0.2) is 26.0 Å². The number of carbonyl (C=O) groups is 1. The molecule has 5 nitrogen and oxygen atoms in total. The average molecular weight is 384 g/mol. The number of aryl methyl sites for hydroxylation is 1. The molecule has 7 heteroatoms. The molecule has 0 radical (unpaired) electrons. The third kappa shape index (κ3) is 4.47. The predicted octanol–water partition coefficient (Wildman–Crippen LogP) is 4.56. The van der Waals surface area contributed by atoms with Crippen molar-refractivity contribution in [1.82, 2.24) is 20.2 Å². The van der Waals surface area contributed by atoms with E-state index in [0.29, 0.717) is 29.8 Å². The van der Waals surface area contributed by atoms with Crippen molar-refractivity contribution in [3.8, 4) is 11.4 Å². The van der Waals surface area contributed by atoms with Crippen LogP contribution in [0.2, 0.25) is 0 Å². The molecule has 146 valence electrons. The Hall–Kier alpha value is -2.96. The van der Waals surface area contributed by atoms with Crippen molar-refractivity contribution in [3.05, 3.63) is 64.7 Å². The second kappa shape index (κ2) is 7.96. The average Bonchev–Trinajstić information content (AvgIpc) is 3.08. The first-order chi connectivity index (χ1) is 13.3. The van der Waals surface area contributed by atoms with Gasteiger partial charge in [-0.15, -0.1) is 10.2 Å². The Balaban J connectivity index is 2.02. The number of rotatable bonds is 7. The van der Waals surface area contributed by atoms with Gasteiger partial charge in [-0.05, 0) is 41.3 Å². The molecule has 28 heavy (non-hydrogen) atoms. The number of halogens is 2. The lowest BCUT2D eigenvalue weighted by molar-refractivity contribution is 0.0174. The number of hydrogen-bond donors (Lipinski definition) is 0. The smallest absolute Gasteiger partial charge is 0.270 e. The maximum Gasteiger partial charge on any atom is 0.270 e.